The van der Waals surface area contributed by atoms with Gasteiger partial charge in [-0.05, 0) is 25.1 Å². The zero-order chi connectivity index (χ0) is 14.1. The summed E-state index contributed by atoms with van der Waals surface area (Å²) in [5.74, 6) is 0.278. The van der Waals surface area contributed by atoms with Crippen LogP contribution in [0.1, 0.15) is 21.1 Å². The van der Waals surface area contributed by atoms with E-state index >= 15 is 0 Å². The number of hydrogen-bond acceptors (Lipinski definition) is 4. The molecule has 0 bridgehead atoms. The summed E-state index contributed by atoms with van der Waals surface area (Å²) in [6.07, 6.45) is 1.54. The number of thiazole rings is 1. The Balaban J connectivity index is 1.80. The van der Waals surface area contributed by atoms with Crippen molar-refractivity contribution >= 4 is 27.5 Å². The summed E-state index contributed by atoms with van der Waals surface area (Å²) in [5.41, 5.74) is 1.83. The summed E-state index contributed by atoms with van der Waals surface area (Å²) >= 11 is 1.61. The molecule has 0 spiro atoms. The van der Waals surface area contributed by atoms with Gasteiger partial charge in [-0.25, -0.2) is 4.98 Å². The molecule has 4 nitrogen and oxygen atoms in total. The van der Waals surface area contributed by atoms with Gasteiger partial charge in [-0.3, -0.25) is 4.79 Å². The summed E-state index contributed by atoms with van der Waals surface area (Å²) in [6.45, 7) is 2.35. The van der Waals surface area contributed by atoms with Crippen molar-refractivity contribution in [3.63, 3.8) is 0 Å². The van der Waals surface area contributed by atoms with Crippen molar-refractivity contribution < 1.29 is 9.21 Å². The summed E-state index contributed by atoms with van der Waals surface area (Å²) in [5, 5.41) is 0.922. The second-order valence-corrected chi connectivity index (χ2v) is 5.78. The number of benzene rings is 1. The van der Waals surface area contributed by atoms with Crippen LogP contribution in [0.4, 0.5) is 0 Å². The Morgan fingerprint density at radius 2 is 2.15 bits per heavy atom. The smallest absolute Gasteiger partial charge is 0.289 e. The maximum atomic E-state index is 12.3. The Hall–Kier alpha value is -2.14. The Morgan fingerprint density at radius 3 is 2.85 bits per heavy atom. The van der Waals surface area contributed by atoms with Crippen molar-refractivity contribution in [2.24, 2.45) is 0 Å². The number of hydrogen-bond donors (Lipinski definition) is 0. The second-order valence-electron chi connectivity index (χ2n) is 4.67. The van der Waals surface area contributed by atoms with Gasteiger partial charge in [-0.1, -0.05) is 12.1 Å². The molecular formula is C15H14N2O2S. The Bertz CT molecular complexity index is 727. The van der Waals surface area contributed by atoms with Crippen molar-refractivity contribution in [1.29, 1.82) is 0 Å². The molecule has 0 N–H and O–H groups in total. The van der Waals surface area contributed by atoms with Crippen LogP contribution >= 0.6 is 11.3 Å². The van der Waals surface area contributed by atoms with Gasteiger partial charge >= 0.3 is 0 Å². The van der Waals surface area contributed by atoms with Crippen molar-refractivity contribution in [2.75, 3.05) is 7.05 Å². The van der Waals surface area contributed by atoms with E-state index in [9.17, 15) is 4.79 Å². The van der Waals surface area contributed by atoms with Crippen molar-refractivity contribution in [3.05, 3.63) is 52.9 Å². The molecule has 0 saturated heterocycles. The number of amides is 1. The van der Waals surface area contributed by atoms with Crippen LogP contribution in [-0.4, -0.2) is 22.8 Å². The average Bonchev–Trinajstić information content (AvgIpc) is 3.03. The van der Waals surface area contributed by atoms with E-state index in [1.54, 1.807) is 29.4 Å². The highest BCUT2D eigenvalue weighted by Crippen LogP contribution is 2.23. The molecule has 0 saturated carbocycles. The lowest BCUT2D eigenvalue weighted by molar-refractivity contribution is 0.0752. The molecule has 0 fully saturated rings. The maximum absolute atomic E-state index is 12.3. The maximum Gasteiger partial charge on any atom is 0.289 e. The number of fused-ring (bicyclic) bond motifs is 1. The first-order chi connectivity index (χ1) is 9.65. The number of nitrogens with zero attached hydrogens (tertiary/aromatic N) is 2. The minimum atomic E-state index is -0.119. The molecule has 2 aromatic heterocycles. The first-order valence-corrected chi connectivity index (χ1v) is 7.11. The minimum absolute atomic E-state index is 0.119. The Labute approximate surface area is 120 Å². The molecule has 3 aromatic rings. The van der Waals surface area contributed by atoms with E-state index in [0.717, 1.165) is 20.8 Å². The van der Waals surface area contributed by atoms with Gasteiger partial charge in [0, 0.05) is 12.6 Å². The standard InChI is InChI=1S/C15H14N2O2S/c1-10-7-8-19-14(10)15(18)17(2)9-13-16-11-5-3-4-6-12(11)20-13/h3-8H,9H2,1-2H3. The molecule has 3 rings (SSSR count). The van der Waals surface area contributed by atoms with E-state index in [1.165, 1.54) is 6.26 Å². The monoisotopic (exact) mass is 286 g/mol. The predicted molar refractivity (Wildman–Crippen MR) is 78.9 cm³/mol. The summed E-state index contributed by atoms with van der Waals surface area (Å²) < 4.78 is 6.37. The Kier molecular flexibility index (Phi) is 3.28. The first-order valence-electron chi connectivity index (χ1n) is 6.29. The third kappa shape index (κ3) is 2.32. The quantitative estimate of drug-likeness (QED) is 0.740. The lowest BCUT2D eigenvalue weighted by Crippen LogP contribution is -2.26. The van der Waals surface area contributed by atoms with E-state index in [4.69, 9.17) is 4.42 Å². The third-order valence-corrected chi connectivity index (χ3v) is 4.13. The highest BCUT2D eigenvalue weighted by Gasteiger charge is 2.18. The van der Waals surface area contributed by atoms with Crippen LogP contribution in [-0.2, 0) is 6.54 Å². The molecule has 5 heteroatoms. The fraction of sp³-hybridized carbons (Fsp3) is 0.200. The van der Waals surface area contributed by atoms with Gasteiger partial charge in [-0.2, -0.15) is 0 Å². The van der Waals surface area contributed by atoms with Gasteiger partial charge in [0.2, 0.25) is 0 Å². The molecule has 0 atom stereocenters. The molecule has 0 aliphatic rings. The molecule has 102 valence electrons. The number of rotatable bonds is 3. The first kappa shape index (κ1) is 12.9. The number of aryl methyl sites for hydroxylation is 1. The molecule has 0 radical (unpaired) electrons. The van der Waals surface area contributed by atoms with E-state index in [0.29, 0.717) is 12.3 Å². The highest BCUT2D eigenvalue weighted by atomic mass is 32.1. The van der Waals surface area contributed by atoms with Gasteiger partial charge in [0.25, 0.3) is 5.91 Å². The SMILES string of the molecule is Cc1ccoc1C(=O)N(C)Cc1nc2ccccc2s1. The zero-order valence-electron chi connectivity index (χ0n) is 11.3. The molecule has 1 aromatic carbocycles. The van der Waals surface area contributed by atoms with Gasteiger partial charge in [0.15, 0.2) is 5.76 Å². The number of carbonyl (C=O) groups excluding carboxylic acids is 1. The molecule has 20 heavy (non-hydrogen) atoms. The van der Waals surface area contributed by atoms with Crippen LogP contribution in [0.25, 0.3) is 10.2 Å². The largest absolute Gasteiger partial charge is 0.459 e. The summed E-state index contributed by atoms with van der Waals surface area (Å²) in [6, 6.07) is 9.76. The third-order valence-electron chi connectivity index (χ3n) is 3.11. The van der Waals surface area contributed by atoms with Crippen molar-refractivity contribution in [2.45, 2.75) is 13.5 Å². The molecule has 0 aliphatic heterocycles. The molecule has 1 amide bonds. The fourth-order valence-corrected chi connectivity index (χ4v) is 3.05. The zero-order valence-corrected chi connectivity index (χ0v) is 12.1. The summed E-state index contributed by atoms with van der Waals surface area (Å²) in [4.78, 5) is 18.4. The van der Waals surface area contributed by atoms with Crippen LogP contribution in [0.3, 0.4) is 0 Å². The van der Waals surface area contributed by atoms with Crippen LogP contribution in [0.2, 0.25) is 0 Å². The van der Waals surface area contributed by atoms with E-state index in [2.05, 4.69) is 4.98 Å². The highest BCUT2D eigenvalue weighted by molar-refractivity contribution is 7.18. The minimum Gasteiger partial charge on any atom is -0.459 e. The van der Waals surface area contributed by atoms with Gasteiger partial charge < -0.3 is 9.32 Å². The molecular weight excluding hydrogens is 272 g/mol. The van der Waals surface area contributed by atoms with Gasteiger partial charge in [0.1, 0.15) is 5.01 Å². The predicted octanol–water partition coefficient (Wildman–Crippen LogP) is 3.47. The molecule has 2 heterocycles. The van der Waals surface area contributed by atoms with Gasteiger partial charge in [0.05, 0.1) is 23.0 Å². The van der Waals surface area contributed by atoms with Crippen molar-refractivity contribution in [3.8, 4) is 0 Å². The topological polar surface area (TPSA) is 46.3 Å². The number of para-hydroxylation sites is 1. The average molecular weight is 286 g/mol. The van der Waals surface area contributed by atoms with Crippen molar-refractivity contribution in [1.82, 2.24) is 9.88 Å². The fourth-order valence-electron chi connectivity index (χ4n) is 2.03. The summed E-state index contributed by atoms with van der Waals surface area (Å²) in [7, 11) is 1.76. The molecule has 0 aliphatic carbocycles. The second kappa shape index (κ2) is 5.09. The molecule has 0 unspecified atom stereocenters. The van der Waals surface area contributed by atoms with Crippen LogP contribution < -0.4 is 0 Å². The van der Waals surface area contributed by atoms with Crippen LogP contribution in [0.15, 0.2) is 41.0 Å². The van der Waals surface area contributed by atoms with E-state index in [1.807, 2.05) is 31.2 Å². The van der Waals surface area contributed by atoms with Crippen LogP contribution in [0, 0.1) is 6.92 Å². The van der Waals surface area contributed by atoms with E-state index < -0.39 is 0 Å². The Morgan fingerprint density at radius 1 is 1.35 bits per heavy atom. The lowest BCUT2D eigenvalue weighted by atomic mass is 10.2. The van der Waals surface area contributed by atoms with Crippen LogP contribution in [0.5, 0.6) is 0 Å². The number of furan rings is 1. The number of carbonyl (C=O) groups is 1. The lowest BCUT2D eigenvalue weighted by Gasteiger charge is -2.14. The van der Waals surface area contributed by atoms with Gasteiger partial charge in [-0.15, -0.1) is 11.3 Å². The van der Waals surface area contributed by atoms with E-state index in [-0.39, 0.29) is 5.91 Å². The normalized spacial score (nSPS) is 10.9. The number of aromatic nitrogens is 1.